The molecule has 0 amide bonds. The van der Waals surface area contributed by atoms with Crippen LogP contribution in [0.25, 0.3) is 22.2 Å². The van der Waals surface area contributed by atoms with Gasteiger partial charge in [-0.15, -0.1) is 0 Å². The number of ether oxygens (including phenoxy) is 1. The van der Waals surface area contributed by atoms with Crippen LogP contribution in [0.4, 0.5) is 10.1 Å². The largest absolute Gasteiger partial charge is 0.382 e. The van der Waals surface area contributed by atoms with E-state index in [2.05, 4.69) is 26.6 Å². The number of aromatic nitrogens is 2. The molecular weight excluding hydrogens is 419 g/mol. The van der Waals surface area contributed by atoms with Gasteiger partial charge >= 0.3 is 0 Å². The molecule has 0 bridgehead atoms. The monoisotopic (exact) mass is 446 g/mol. The average Bonchev–Trinajstić information content (AvgIpc) is 2.85. The van der Waals surface area contributed by atoms with E-state index in [1.54, 1.807) is 12.1 Å². The van der Waals surface area contributed by atoms with Crippen molar-refractivity contribution in [2.45, 2.75) is 20.0 Å². The van der Waals surface area contributed by atoms with Gasteiger partial charge in [-0.1, -0.05) is 18.2 Å². The van der Waals surface area contributed by atoms with Crippen LogP contribution in [0.3, 0.4) is 0 Å². The number of allylic oxidation sites excluding steroid dienone is 3. The van der Waals surface area contributed by atoms with Crippen LogP contribution in [0.15, 0.2) is 71.1 Å². The maximum absolute atomic E-state index is 15.0. The summed E-state index contributed by atoms with van der Waals surface area (Å²) in [6, 6.07) is 10.4. The highest BCUT2D eigenvalue weighted by atomic mass is 19.1. The van der Waals surface area contributed by atoms with Gasteiger partial charge in [-0.05, 0) is 62.0 Å². The number of hydrogen-bond donors (Lipinski definition) is 1. The molecule has 1 aromatic heterocycles. The Morgan fingerprint density at radius 3 is 2.73 bits per heavy atom. The first kappa shape index (κ1) is 22.8. The highest BCUT2D eigenvalue weighted by Gasteiger charge is 2.19. The fourth-order valence-corrected chi connectivity index (χ4v) is 4.09. The van der Waals surface area contributed by atoms with E-state index in [-0.39, 0.29) is 0 Å². The molecule has 33 heavy (non-hydrogen) atoms. The van der Waals surface area contributed by atoms with Crippen molar-refractivity contribution in [2.75, 3.05) is 31.2 Å². The highest BCUT2D eigenvalue weighted by Crippen LogP contribution is 2.34. The van der Waals surface area contributed by atoms with E-state index >= 15 is 0 Å². The summed E-state index contributed by atoms with van der Waals surface area (Å²) in [5, 5.41) is 11.7. The summed E-state index contributed by atoms with van der Waals surface area (Å²) >= 11 is 0. The molecule has 1 unspecified atom stereocenters. The van der Waals surface area contributed by atoms with Crippen molar-refractivity contribution in [3.05, 3.63) is 77.5 Å². The average molecular weight is 447 g/mol. The molecule has 1 aliphatic rings. The first-order valence-corrected chi connectivity index (χ1v) is 10.9. The molecule has 2 aromatic carbocycles. The van der Waals surface area contributed by atoms with Crippen LogP contribution in [0, 0.1) is 5.82 Å². The second kappa shape index (κ2) is 10.0. The minimum atomic E-state index is -1.04. The maximum atomic E-state index is 15.0. The number of benzene rings is 2. The van der Waals surface area contributed by atoms with E-state index in [1.165, 1.54) is 12.4 Å². The number of halogens is 1. The van der Waals surface area contributed by atoms with Gasteiger partial charge in [0.25, 0.3) is 0 Å². The highest BCUT2D eigenvalue weighted by molar-refractivity contribution is 5.94. The molecule has 0 saturated carbocycles. The van der Waals surface area contributed by atoms with Crippen molar-refractivity contribution < 1.29 is 14.2 Å². The second-order valence-electron chi connectivity index (χ2n) is 7.89. The predicted octanol–water partition coefficient (Wildman–Crippen LogP) is 4.86. The number of aliphatic imine (C=N–C) groups is 1. The molecule has 1 saturated heterocycles. The van der Waals surface area contributed by atoms with E-state index in [0.717, 1.165) is 35.3 Å². The molecule has 0 radical (unpaired) electrons. The third-order valence-corrected chi connectivity index (χ3v) is 5.81. The van der Waals surface area contributed by atoms with Crippen LogP contribution < -0.4 is 4.90 Å². The summed E-state index contributed by atoms with van der Waals surface area (Å²) in [4.78, 5) is 15.0. The third-order valence-electron chi connectivity index (χ3n) is 5.81. The minimum absolute atomic E-state index is 0.296. The Labute approximate surface area is 192 Å². The molecule has 0 spiro atoms. The summed E-state index contributed by atoms with van der Waals surface area (Å²) in [5.74, 6) is -0.425. The maximum Gasteiger partial charge on any atom is 0.132 e. The molecule has 7 heteroatoms. The summed E-state index contributed by atoms with van der Waals surface area (Å²) in [6.07, 6.45) is 4.11. The molecule has 170 valence electrons. The lowest BCUT2D eigenvalue weighted by atomic mass is 9.98. The molecule has 1 atom stereocenters. The Morgan fingerprint density at radius 1 is 1.21 bits per heavy atom. The van der Waals surface area contributed by atoms with Gasteiger partial charge in [0.05, 0.1) is 30.1 Å². The molecule has 2 heterocycles. The number of fused-ring (bicyclic) bond motifs is 1. The van der Waals surface area contributed by atoms with Crippen LogP contribution in [0.5, 0.6) is 0 Å². The fourth-order valence-electron chi connectivity index (χ4n) is 4.09. The zero-order valence-corrected chi connectivity index (χ0v) is 18.8. The van der Waals surface area contributed by atoms with Gasteiger partial charge in [-0.2, -0.15) is 0 Å². The standard InChI is InChI=1S/C26H27FN4O2/c1-4-5-17(2)24(28-3)26(32)18-6-9-22(27)21(14-18)25-20-8-7-19(15-23(20)29-16-30-25)31-10-12-33-13-11-31/h4-9,14-16,26,32H,3,10-13H2,1-2H3/b5-4-,24-17-. The zero-order valence-electron chi connectivity index (χ0n) is 18.8. The van der Waals surface area contributed by atoms with Crippen LogP contribution in [0.1, 0.15) is 25.5 Å². The molecule has 1 fully saturated rings. The Kier molecular flexibility index (Phi) is 6.91. The molecular formula is C26H27FN4O2. The van der Waals surface area contributed by atoms with E-state index in [0.29, 0.717) is 35.7 Å². The number of aliphatic hydroxyl groups excluding tert-OH is 1. The lowest BCUT2D eigenvalue weighted by molar-refractivity contribution is 0.122. The lowest BCUT2D eigenvalue weighted by Crippen LogP contribution is -2.36. The SMILES string of the molecule is C=N/C(=C(C)\C=C/C)C(O)c1ccc(F)c(-c2ncnc3cc(N4CCOCC4)ccc23)c1. The van der Waals surface area contributed by atoms with Crippen molar-refractivity contribution in [2.24, 2.45) is 4.99 Å². The number of nitrogens with zero attached hydrogens (tertiary/aromatic N) is 4. The second-order valence-corrected chi connectivity index (χ2v) is 7.89. The lowest BCUT2D eigenvalue weighted by Gasteiger charge is -2.29. The number of aliphatic hydroxyl groups is 1. The number of anilines is 1. The molecule has 0 aliphatic carbocycles. The minimum Gasteiger partial charge on any atom is -0.382 e. The Morgan fingerprint density at radius 2 is 2.00 bits per heavy atom. The van der Waals surface area contributed by atoms with Gasteiger partial charge in [0.15, 0.2) is 0 Å². The van der Waals surface area contributed by atoms with Crippen molar-refractivity contribution in [1.82, 2.24) is 9.97 Å². The van der Waals surface area contributed by atoms with Gasteiger partial charge in [-0.25, -0.2) is 14.4 Å². The van der Waals surface area contributed by atoms with E-state index < -0.39 is 11.9 Å². The van der Waals surface area contributed by atoms with Gasteiger partial charge in [-0.3, -0.25) is 4.99 Å². The number of hydrogen-bond acceptors (Lipinski definition) is 6. The Hall–Kier alpha value is -3.42. The predicted molar refractivity (Wildman–Crippen MR) is 130 cm³/mol. The van der Waals surface area contributed by atoms with Crippen LogP contribution in [-0.4, -0.2) is 48.1 Å². The molecule has 3 aromatic rings. The molecule has 4 rings (SSSR count). The summed E-state index contributed by atoms with van der Waals surface area (Å²) < 4.78 is 20.4. The van der Waals surface area contributed by atoms with E-state index in [1.807, 2.05) is 44.2 Å². The summed E-state index contributed by atoms with van der Waals surface area (Å²) in [6.45, 7) is 10.3. The molecule has 1 aliphatic heterocycles. The Bertz CT molecular complexity index is 1230. The van der Waals surface area contributed by atoms with Gasteiger partial charge in [0, 0.05) is 29.7 Å². The molecule has 1 N–H and O–H groups in total. The fraction of sp³-hybridized carbons (Fsp3) is 0.269. The Balaban J connectivity index is 1.76. The molecule has 6 nitrogen and oxygen atoms in total. The summed E-state index contributed by atoms with van der Waals surface area (Å²) in [5.41, 5.74) is 4.27. The topological polar surface area (TPSA) is 70.8 Å². The third kappa shape index (κ3) is 4.69. The first-order chi connectivity index (χ1) is 16.0. The number of morpholine rings is 1. The smallest absolute Gasteiger partial charge is 0.132 e. The van der Waals surface area contributed by atoms with Crippen molar-refractivity contribution >= 4 is 23.3 Å². The van der Waals surface area contributed by atoms with E-state index in [4.69, 9.17) is 4.74 Å². The first-order valence-electron chi connectivity index (χ1n) is 10.9. The van der Waals surface area contributed by atoms with Gasteiger partial charge in [0.1, 0.15) is 18.2 Å². The van der Waals surface area contributed by atoms with Crippen LogP contribution in [0.2, 0.25) is 0 Å². The zero-order chi connectivity index (χ0) is 23.4. The van der Waals surface area contributed by atoms with Crippen LogP contribution in [-0.2, 0) is 4.74 Å². The summed E-state index contributed by atoms with van der Waals surface area (Å²) in [7, 11) is 0. The quantitative estimate of drug-likeness (QED) is 0.433. The van der Waals surface area contributed by atoms with Gasteiger partial charge in [0.2, 0.25) is 0 Å². The normalized spacial score (nSPS) is 16.2. The van der Waals surface area contributed by atoms with Crippen molar-refractivity contribution in [1.29, 1.82) is 0 Å². The number of rotatable bonds is 6. The van der Waals surface area contributed by atoms with E-state index in [9.17, 15) is 9.50 Å². The van der Waals surface area contributed by atoms with Crippen molar-refractivity contribution in [3.63, 3.8) is 0 Å². The van der Waals surface area contributed by atoms with Crippen molar-refractivity contribution in [3.8, 4) is 11.3 Å². The van der Waals surface area contributed by atoms with Gasteiger partial charge < -0.3 is 14.7 Å². The van der Waals surface area contributed by atoms with Crippen LogP contribution >= 0.6 is 0 Å².